The fourth-order valence-electron chi connectivity index (χ4n) is 4.06. The lowest BCUT2D eigenvalue weighted by atomic mass is 9.83. The van der Waals surface area contributed by atoms with Crippen LogP contribution in [0.1, 0.15) is 50.0 Å². The summed E-state index contributed by atoms with van der Waals surface area (Å²) in [6.45, 7) is 1.82. The first-order valence-electron chi connectivity index (χ1n) is 9.37. The van der Waals surface area contributed by atoms with Crippen molar-refractivity contribution in [3.63, 3.8) is 0 Å². The van der Waals surface area contributed by atoms with Gasteiger partial charge in [-0.05, 0) is 48.8 Å². The maximum absolute atomic E-state index is 6.11. The number of benzene rings is 1. The number of ether oxygens (including phenoxy) is 1. The first-order valence-corrected chi connectivity index (χ1v) is 9.75. The smallest absolute Gasteiger partial charge is 0.191 e. The molecular weight excluding hydrogens is 461 g/mol. The van der Waals surface area contributed by atoms with Gasteiger partial charge in [0.05, 0.1) is 0 Å². The third kappa shape index (κ3) is 5.73. The zero-order chi connectivity index (χ0) is 17.7. The lowest BCUT2D eigenvalue weighted by Gasteiger charge is -2.30. The van der Waals surface area contributed by atoms with E-state index < -0.39 is 0 Å². The monoisotopic (exact) mass is 491 g/mol. The average Bonchev–Trinajstić information content (AvgIpc) is 3.24. The Morgan fingerprint density at radius 3 is 2.77 bits per heavy atom. The van der Waals surface area contributed by atoms with Crippen molar-refractivity contribution >= 4 is 41.5 Å². The standard InChI is InChI=1S/C20H30ClN3O.HI/c1-22-19(23-14-20(10-11-25-2)8-3-4-9-20)24-18-13-17(18)15-6-5-7-16(21)12-15;/h5-7,12,17-18H,3-4,8-11,13-14H2,1-2H3,(H2,22,23,24);1H. The van der Waals surface area contributed by atoms with Crippen LogP contribution in [0.25, 0.3) is 0 Å². The zero-order valence-electron chi connectivity index (χ0n) is 15.8. The van der Waals surface area contributed by atoms with Crippen LogP contribution in [0.3, 0.4) is 0 Å². The molecule has 6 heteroatoms. The van der Waals surface area contributed by atoms with Crippen molar-refractivity contribution in [3.8, 4) is 0 Å². The minimum atomic E-state index is 0. The Hall–Kier alpha value is -0.530. The molecule has 0 saturated heterocycles. The molecule has 26 heavy (non-hydrogen) atoms. The maximum atomic E-state index is 6.11. The molecule has 0 aromatic heterocycles. The molecular formula is C20H31ClIN3O. The highest BCUT2D eigenvalue weighted by atomic mass is 127. The molecule has 0 radical (unpaired) electrons. The van der Waals surface area contributed by atoms with Crippen LogP contribution in [0.2, 0.25) is 5.02 Å². The van der Waals surface area contributed by atoms with Crippen LogP contribution < -0.4 is 10.6 Å². The van der Waals surface area contributed by atoms with Gasteiger partial charge in [0.25, 0.3) is 0 Å². The average molecular weight is 492 g/mol. The Balaban J connectivity index is 0.00000243. The topological polar surface area (TPSA) is 45.7 Å². The van der Waals surface area contributed by atoms with Gasteiger partial charge in [0.15, 0.2) is 5.96 Å². The Kier molecular flexibility index (Phi) is 8.48. The van der Waals surface area contributed by atoms with E-state index in [0.29, 0.717) is 17.4 Å². The molecule has 1 aromatic rings. The zero-order valence-corrected chi connectivity index (χ0v) is 18.8. The van der Waals surface area contributed by atoms with Crippen LogP contribution in [0.15, 0.2) is 29.3 Å². The number of halogens is 2. The summed E-state index contributed by atoms with van der Waals surface area (Å²) in [5.41, 5.74) is 1.68. The normalized spacial score (nSPS) is 24.0. The SMILES string of the molecule is CN=C(NCC1(CCOC)CCCC1)NC1CC1c1cccc(Cl)c1.I. The molecule has 4 nitrogen and oxygen atoms in total. The lowest BCUT2D eigenvalue weighted by molar-refractivity contribution is 0.138. The molecule has 2 N–H and O–H groups in total. The summed E-state index contributed by atoms with van der Waals surface area (Å²) < 4.78 is 5.32. The van der Waals surface area contributed by atoms with Gasteiger partial charge in [-0.1, -0.05) is 36.6 Å². The van der Waals surface area contributed by atoms with Gasteiger partial charge >= 0.3 is 0 Å². The van der Waals surface area contributed by atoms with E-state index in [2.05, 4.69) is 27.8 Å². The summed E-state index contributed by atoms with van der Waals surface area (Å²) in [5.74, 6) is 1.45. The van der Waals surface area contributed by atoms with Crippen molar-refractivity contribution in [2.75, 3.05) is 27.3 Å². The molecule has 2 aliphatic rings. The van der Waals surface area contributed by atoms with E-state index in [4.69, 9.17) is 16.3 Å². The maximum Gasteiger partial charge on any atom is 0.191 e. The van der Waals surface area contributed by atoms with Crippen molar-refractivity contribution in [2.45, 2.75) is 50.5 Å². The van der Waals surface area contributed by atoms with Gasteiger partial charge in [0, 0.05) is 44.3 Å². The van der Waals surface area contributed by atoms with E-state index in [1.807, 2.05) is 19.2 Å². The minimum Gasteiger partial charge on any atom is -0.385 e. The summed E-state index contributed by atoms with van der Waals surface area (Å²) in [5, 5.41) is 7.96. The van der Waals surface area contributed by atoms with E-state index in [1.165, 1.54) is 31.2 Å². The number of methoxy groups -OCH3 is 1. The lowest BCUT2D eigenvalue weighted by Crippen LogP contribution is -2.44. The summed E-state index contributed by atoms with van der Waals surface area (Å²) in [6, 6.07) is 8.63. The number of hydrogen-bond donors (Lipinski definition) is 2. The predicted octanol–water partition coefficient (Wildman–Crippen LogP) is 4.58. The highest BCUT2D eigenvalue weighted by Crippen LogP contribution is 2.42. The molecule has 2 aliphatic carbocycles. The quantitative estimate of drug-likeness (QED) is 0.333. The summed E-state index contributed by atoms with van der Waals surface area (Å²) in [4.78, 5) is 4.42. The van der Waals surface area contributed by atoms with Crippen LogP contribution in [0.4, 0.5) is 0 Å². The van der Waals surface area contributed by atoms with Crippen molar-refractivity contribution < 1.29 is 4.74 Å². The first-order chi connectivity index (χ1) is 12.2. The highest BCUT2D eigenvalue weighted by molar-refractivity contribution is 14.0. The Labute approximate surface area is 179 Å². The molecule has 0 heterocycles. The number of nitrogens with zero attached hydrogens (tertiary/aromatic N) is 1. The second kappa shape index (κ2) is 10.1. The van der Waals surface area contributed by atoms with Gasteiger partial charge in [0.2, 0.25) is 0 Å². The van der Waals surface area contributed by atoms with Crippen LogP contribution in [0, 0.1) is 5.41 Å². The molecule has 2 unspecified atom stereocenters. The Bertz CT molecular complexity index is 604. The molecule has 0 spiro atoms. The van der Waals surface area contributed by atoms with Gasteiger partial charge in [-0.15, -0.1) is 24.0 Å². The third-order valence-electron chi connectivity index (χ3n) is 5.74. The molecule has 2 atom stereocenters. The van der Waals surface area contributed by atoms with Gasteiger partial charge in [-0.2, -0.15) is 0 Å². The fraction of sp³-hybridized carbons (Fsp3) is 0.650. The van der Waals surface area contributed by atoms with E-state index in [9.17, 15) is 0 Å². The van der Waals surface area contributed by atoms with Gasteiger partial charge in [0.1, 0.15) is 0 Å². The third-order valence-corrected chi connectivity index (χ3v) is 5.98. The largest absolute Gasteiger partial charge is 0.385 e. The fourth-order valence-corrected chi connectivity index (χ4v) is 4.26. The molecule has 146 valence electrons. The van der Waals surface area contributed by atoms with Crippen molar-refractivity contribution in [1.29, 1.82) is 0 Å². The number of nitrogens with one attached hydrogen (secondary N) is 2. The molecule has 0 aliphatic heterocycles. The number of guanidine groups is 1. The Morgan fingerprint density at radius 2 is 2.12 bits per heavy atom. The number of aliphatic imine (C=N–C) groups is 1. The van der Waals surface area contributed by atoms with E-state index in [1.54, 1.807) is 7.11 Å². The highest BCUT2D eigenvalue weighted by Gasteiger charge is 2.39. The van der Waals surface area contributed by atoms with Crippen LogP contribution in [-0.2, 0) is 4.74 Å². The second-order valence-electron chi connectivity index (χ2n) is 7.52. The van der Waals surface area contributed by atoms with Crippen LogP contribution in [-0.4, -0.2) is 39.3 Å². The summed E-state index contributed by atoms with van der Waals surface area (Å²) in [6.07, 6.45) is 7.50. The van der Waals surface area contributed by atoms with Crippen molar-refractivity contribution in [1.82, 2.24) is 10.6 Å². The van der Waals surface area contributed by atoms with Gasteiger partial charge in [-0.25, -0.2) is 0 Å². The molecule has 2 fully saturated rings. The second-order valence-corrected chi connectivity index (χ2v) is 7.96. The van der Waals surface area contributed by atoms with Gasteiger partial charge < -0.3 is 15.4 Å². The van der Waals surface area contributed by atoms with Crippen molar-refractivity contribution in [3.05, 3.63) is 34.9 Å². The number of rotatable bonds is 7. The number of hydrogen-bond acceptors (Lipinski definition) is 2. The molecule has 2 saturated carbocycles. The van der Waals surface area contributed by atoms with Crippen molar-refractivity contribution in [2.24, 2.45) is 10.4 Å². The predicted molar refractivity (Wildman–Crippen MR) is 120 cm³/mol. The van der Waals surface area contributed by atoms with Crippen LogP contribution in [0.5, 0.6) is 0 Å². The van der Waals surface area contributed by atoms with Gasteiger partial charge in [-0.3, -0.25) is 4.99 Å². The summed E-state index contributed by atoms with van der Waals surface area (Å²) in [7, 11) is 3.64. The summed E-state index contributed by atoms with van der Waals surface area (Å²) >= 11 is 6.11. The van der Waals surface area contributed by atoms with E-state index in [-0.39, 0.29) is 24.0 Å². The molecule has 0 amide bonds. The van der Waals surface area contributed by atoms with Crippen LogP contribution >= 0.6 is 35.6 Å². The molecule has 0 bridgehead atoms. The molecule has 3 rings (SSSR count). The molecule has 1 aromatic carbocycles. The Morgan fingerprint density at radius 1 is 1.35 bits per heavy atom. The van der Waals surface area contributed by atoms with E-state index >= 15 is 0 Å². The first kappa shape index (κ1) is 21.8. The minimum absolute atomic E-state index is 0. The van der Waals surface area contributed by atoms with E-state index in [0.717, 1.165) is 37.0 Å².